The van der Waals surface area contributed by atoms with Crippen LogP contribution in [0.2, 0.25) is 0 Å². The Kier molecular flexibility index (Phi) is 2.38. The summed E-state index contributed by atoms with van der Waals surface area (Å²) in [7, 11) is 0. The molecule has 3 nitrogen and oxygen atoms in total. The Morgan fingerprint density at radius 3 is 2.94 bits per heavy atom. The Morgan fingerprint density at radius 1 is 1.18 bits per heavy atom. The van der Waals surface area contributed by atoms with E-state index in [0.717, 1.165) is 27.8 Å². The number of pyridine rings is 1. The van der Waals surface area contributed by atoms with Crippen LogP contribution in [0.4, 0.5) is 0 Å². The topological polar surface area (TPSA) is 52.0 Å². The van der Waals surface area contributed by atoms with Crippen LogP contribution in [-0.2, 0) is 6.54 Å². The van der Waals surface area contributed by atoms with Gasteiger partial charge in [-0.05, 0) is 18.2 Å². The molecule has 0 aliphatic rings. The maximum Gasteiger partial charge on any atom is 0.125 e. The number of benzene rings is 1. The van der Waals surface area contributed by atoms with Gasteiger partial charge in [0, 0.05) is 22.7 Å². The first-order chi connectivity index (χ1) is 8.38. The number of hydrogen-bond acceptors (Lipinski definition) is 3. The van der Waals surface area contributed by atoms with E-state index in [0.29, 0.717) is 6.54 Å². The lowest BCUT2D eigenvalue weighted by Crippen LogP contribution is -1.96. The normalized spacial score (nSPS) is 10.9. The van der Waals surface area contributed by atoms with Crippen molar-refractivity contribution in [2.24, 2.45) is 5.73 Å². The molecule has 3 heteroatoms. The van der Waals surface area contributed by atoms with Crippen molar-refractivity contribution < 1.29 is 4.42 Å². The SMILES string of the molecule is NCc1occc1-c1cnc2ccccc2c1. The first kappa shape index (κ1) is 10.1. The minimum Gasteiger partial charge on any atom is -0.467 e. The molecule has 17 heavy (non-hydrogen) atoms. The highest BCUT2D eigenvalue weighted by atomic mass is 16.3. The first-order valence-electron chi connectivity index (χ1n) is 5.50. The fraction of sp³-hybridized carbons (Fsp3) is 0.0714. The van der Waals surface area contributed by atoms with Crippen molar-refractivity contribution >= 4 is 10.9 Å². The zero-order valence-electron chi connectivity index (χ0n) is 9.26. The number of furan rings is 1. The minimum absolute atomic E-state index is 0.398. The minimum atomic E-state index is 0.398. The van der Waals surface area contributed by atoms with Gasteiger partial charge in [0.05, 0.1) is 18.3 Å². The first-order valence-corrected chi connectivity index (χ1v) is 5.50. The lowest BCUT2D eigenvalue weighted by atomic mass is 10.1. The summed E-state index contributed by atoms with van der Waals surface area (Å²) in [6.07, 6.45) is 3.51. The monoisotopic (exact) mass is 224 g/mol. The maximum absolute atomic E-state index is 5.63. The molecule has 0 saturated heterocycles. The van der Waals surface area contributed by atoms with Crippen LogP contribution in [0.25, 0.3) is 22.0 Å². The Morgan fingerprint density at radius 2 is 2.06 bits per heavy atom. The van der Waals surface area contributed by atoms with E-state index < -0.39 is 0 Å². The summed E-state index contributed by atoms with van der Waals surface area (Å²) in [6, 6.07) is 12.1. The van der Waals surface area contributed by atoms with Crippen molar-refractivity contribution in [3.05, 3.63) is 54.6 Å². The molecule has 84 valence electrons. The van der Waals surface area contributed by atoms with Crippen LogP contribution in [0.1, 0.15) is 5.76 Å². The standard InChI is InChI=1S/C14H12N2O/c15-8-14-12(5-6-17-14)11-7-10-3-1-2-4-13(10)16-9-11/h1-7,9H,8,15H2. The van der Waals surface area contributed by atoms with E-state index in [4.69, 9.17) is 10.2 Å². The van der Waals surface area contributed by atoms with Crippen LogP contribution in [-0.4, -0.2) is 4.98 Å². The van der Waals surface area contributed by atoms with E-state index in [1.807, 2.05) is 36.5 Å². The summed E-state index contributed by atoms with van der Waals surface area (Å²) >= 11 is 0. The van der Waals surface area contributed by atoms with Crippen molar-refractivity contribution in [3.8, 4) is 11.1 Å². The van der Waals surface area contributed by atoms with Crippen LogP contribution in [0.5, 0.6) is 0 Å². The summed E-state index contributed by atoms with van der Waals surface area (Å²) in [6.45, 7) is 0.398. The Hall–Kier alpha value is -2.13. The van der Waals surface area contributed by atoms with Gasteiger partial charge in [-0.2, -0.15) is 0 Å². The molecule has 2 aromatic heterocycles. The van der Waals surface area contributed by atoms with E-state index in [2.05, 4.69) is 11.1 Å². The molecule has 0 bridgehead atoms. The molecule has 3 rings (SSSR count). The third-order valence-electron chi connectivity index (χ3n) is 2.83. The Balaban J connectivity index is 2.18. The average molecular weight is 224 g/mol. The van der Waals surface area contributed by atoms with Crippen molar-refractivity contribution in [1.29, 1.82) is 0 Å². The van der Waals surface area contributed by atoms with Gasteiger partial charge < -0.3 is 10.2 Å². The van der Waals surface area contributed by atoms with Gasteiger partial charge in [-0.1, -0.05) is 18.2 Å². The lowest BCUT2D eigenvalue weighted by Gasteiger charge is -2.02. The zero-order chi connectivity index (χ0) is 11.7. The quantitative estimate of drug-likeness (QED) is 0.728. The van der Waals surface area contributed by atoms with E-state index in [1.54, 1.807) is 6.26 Å². The second kappa shape index (κ2) is 4.03. The van der Waals surface area contributed by atoms with Gasteiger partial charge in [0.1, 0.15) is 5.76 Å². The molecule has 0 aliphatic heterocycles. The molecule has 3 aromatic rings. The average Bonchev–Trinajstić information content (AvgIpc) is 2.86. The molecule has 0 saturated carbocycles. The number of hydrogen-bond donors (Lipinski definition) is 1. The zero-order valence-corrected chi connectivity index (χ0v) is 9.26. The Labute approximate surface area is 98.9 Å². The number of nitrogens with two attached hydrogens (primary N) is 1. The summed E-state index contributed by atoms with van der Waals surface area (Å²) in [5.74, 6) is 0.794. The summed E-state index contributed by atoms with van der Waals surface area (Å²) in [4.78, 5) is 4.43. The molecule has 0 fully saturated rings. The molecule has 0 radical (unpaired) electrons. The molecule has 0 unspecified atom stereocenters. The van der Waals surface area contributed by atoms with E-state index >= 15 is 0 Å². The van der Waals surface area contributed by atoms with E-state index in [1.165, 1.54) is 0 Å². The molecule has 1 aromatic carbocycles. The molecule has 0 spiro atoms. The molecular weight excluding hydrogens is 212 g/mol. The van der Waals surface area contributed by atoms with Gasteiger partial charge in [-0.25, -0.2) is 0 Å². The van der Waals surface area contributed by atoms with Crippen molar-refractivity contribution in [1.82, 2.24) is 4.98 Å². The molecule has 2 heterocycles. The molecule has 2 N–H and O–H groups in total. The van der Waals surface area contributed by atoms with E-state index in [-0.39, 0.29) is 0 Å². The summed E-state index contributed by atoms with van der Waals surface area (Å²) in [5.41, 5.74) is 8.68. The third-order valence-corrected chi connectivity index (χ3v) is 2.83. The summed E-state index contributed by atoms with van der Waals surface area (Å²) < 4.78 is 5.33. The largest absolute Gasteiger partial charge is 0.467 e. The van der Waals surface area contributed by atoms with Crippen LogP contribution >= 0.6 is 0 Å². The van der Waals surface area contributed by atoms with Crippen LogP contribution < -0.4 is 5.73 Å². The molecule has 0 amide bonds. The molecule has 0 atom stereocenters. The van der Waals surface area contributed by atoms with Crippen LogP contribution in [0, 0.1) is 0 Å². The number of aromatic nitrogens is 1. The molecule has 0 aliphatic carbocycles. The van der Waals surface area contributed by atoms with Crippen LogP contribution in [0.15, 0.2) is 53.3 Å². The maximum atomic E-state index is 5.63. The second-order valence-electron chi connectivity index (χ2n) is 3.88. The van der Waals surface area contributed by atoms with Gasteiger partial charge in [0.2, 0.25) is 0 Å². The number of fused-ring (bicyclic) bond motifs is 1. The summed E-state index contributed by atoms with van der Waals surface area (Å²) in [5, 5.41) is 1.12. The van der Waals surface area contributed by atoms with Crippen LogP contribution in [0.3, 0.4) is 0 Å². The van der Waals surface area contributed by atoms with Gasteiger partial charge in [0.25, 0.3) is 0 Å². The molecular formula is C14H12N2O. The number of para-hydroxylation sites is 1. The predicted molar refractivity (Wildman–Crippen MR) is 67.3 cm³/mol. The van der Waals surface area contributed by atoms with Crippen molar-refractivity contribution in [3.63, 3.8) is 0 Å². The van der Waals surface area contributed by atoms with Gasteiger partial charge in [0.15, 0.2) is 0 Å². The van der Waals surface area contributed by atoms with Gasteiger partial charge in [-0.3, -0.25) is 4.98 Å². The number of nitrogens with zero attached hydrogens (tertiary/aromatic N) is 1. The number of rotatable bonds is 2. The van der Waals surface area contributed by atoms with Gasteiger partial charge >= 0.3 is 0 Å². The van der Waals surface area contributed by atoms with Gasteiger partial charge in [-0.15, -0.1) is 0 Å². The highest BCUT2D eigenvalue weighted by Gasteiger charge is 2.07. The predicted octanol–water partition coefficient (Wildman–Crippen LogP) is 2.95. The smallest absolute Gasteiger partial charge is 0.125 e. The fourth-order valence-electron chi connectivity index (χ4n) is 1.97. The fourth-order valence-corrected chi connectivity index (χ4v) is 1.97. The second-order valence-corrected chi connectivity index (χ2v) is 3.88. The van der Waals surface area contributed by atoms with Crippen molar-refractivity contribution in [2.75, 3.05) is 0 Å². The highest BCUT2D eigenvalue weighted by molar-refractivity contribution is 5.83. The van der Waals surface area contributed by atoms with E-state index in [9.17, 15) is 0 Å². The lowest BCUT2D eigenvalue weighted by molar-refractivity contribution is 0.513. The Bertz CT molecular complexity index is 658. The third kappa shape index (κ3) is 1.70. The highest BCUT2D eigenvalue weighted by Crippen LogP contribution is 2.26. The van der Waals surface area contributed by atoms with Crippen molar-refractivity contribution in [2.45, 2.75) is 6.54 Å².